The van der Waals surface area contributed by atoms with E-state index in [0.717, 1.165) is 61.3 Å². The largest absolute Gasteiger partial charge is 0.456 e. The molecule has 57 heavy (non-hydrogen) atoms. The third-order valence-electron chi connectivity index (χ3n) is 11.7. The van der Waals surface area contributed by atoms with Crippen LogP contribution in [-0.2, 0) is 0 Å². The van der Waals surface area contributed by atoms with Crippen molar-refractivity contribution >= 4 is 93.1 Å². The molecule has 0 bridgehead atoms. The lowest BCUT2D eigenvalue weighted by Gasteiger charge is -2.30. The highest BCUT2D eigenvalue weighted by atomic mass is 16.3. The number of rotatable bonds is 5. The van der Waals surface area contributed by atoms with Crippen LogP contribution in [0.3, 0.4) is 0 Å². The Kier molecular flexibility index (Phi) is 6.93. The SMILES string of the molecule is c1ccc(N(c2cccc3ccccc23)c2cccc3ccccc23)c(-c2ccc3c4ccccc4n(-c4ccc5oc6ccc7ccccc7c6c5c4)c3c2)c1. The summed E-state index contributed by atoms with van der Waals surface area (Å²) in [6.07, 6.45) is 0. The molecule has 0 aliphatic rings. The maximum Gasteiger partial charge on any atom is 0.136 e. The van der Waals surface area contributed by atoms with Crippen LogP contribution in [0.4, 0.5) is 17.1 Å². The van der Waals surface area contributed by atoms with Gasteiger partial charge in [-0.15, -0.1) is 0 Å². The van der Waals surface area contributed by atoms with Crippen molar-refractivity contribution in [3.63, 3.8) is 0 Å². The molecule has 0 amide bonds. The Balaban J connectivity index is 1.11. The minimum atomic E-state index is 0.891. The van der Waals surface area contributed by atoms with Gasteiger partial charge in [-0.05, 0) is 81.7 Å². The van der Waals surface area contributed by atoms with Crippen LogP contribution in [0.25, 0.3) is 92.9 Å². The first-order chi connectivity index (χ1) is 28.3. The summed E-state index contributed by atoms with van der Waals surface area (Å²) in [5, 5.41) is 11.9. The highest BCUT2D eigenvalue weighted by Crippen LogP contribution is 2.46. The molecular formula is C54H34N2O. The lowest BCUT2D eigenvalue weighted by molar-refractivity contribution is 0.669. The number of anilines is 3. The second-order valence-electron chi connectivity index (χ2n) is 14.9. The molecule has 0 N–H and O–H groups in total. The number of nitrogens with zero attached hydrogens (tertiary/aromatic N) is 2. The first-order valence-electron chi connectivity index (χ1n) is 19.5. The number of fused-ring (bicyclic) bond motifs is 10. The molecule has 3 nitrogen and oxygen atoms in total. The summed E-state index contributed by atoms with van der Waals surface area (Å²) in [6, 6.07) is 74.7. The summed E-state index contributed by atoms with van der Waals surface area (Å²) >= 11 is 0. The second kappa shape index (κ2) is 12.5. The van der Waals surface area contributed by atoms with Gasteiger partial charge in [-0.2, -0.15) is 0 Å². The van der Waals surface area contributed by atoms with E-state index in [1.165, 1.54) is 48.6 Å². The van der Waals surface area contributed by atoms with Crippen LogP contribution >= 0.6 is 0 Å². The molecule has 0 saturated heterocycles. The van der Waals surface area contributed by atoms with Crippen molar-refractivity contribution in [1.82, 2.24) is 4.57 Å². The molecule has 0 radical (unpaired) electrons. The summed E-state index contributed by atoms with van der Waals surface area (Å²) in [6.45, 7) is 0. The summed E-state index contributed by atoms with van der Waals surface area (Å²) in [5.41, 5.74) is 10.9. The van der Waals surface area contributed by atoms with Crippen molar-refractivity contribution < 1.29 is 4.42 Å². The van der Waals surface area contributed by atoms with Gasteiger partial charge >= 0.3 is 0 Å². The maximum atomic E-state index is 6.43. The Morgan fingerprint density at radius 2 is 0.912 bits per heavy atom. The Labute approximate surface area is 328 Å². The van der Waals surface area contributed by atoms with E-state index in [1.807, 2.05) is 0 Å². The summed E-state index contributed by atoms with van der Waals surface area (Å²) in [4.78, 5) is 2.46. The zero-order valence-corrected chi connectivity index (χ0v) is 30.9. The van der Waals surface area contributed by atoms with Crippen LogP contribution in [0.2, 0.25) is 0 Å². The average molecular weight is 727 g/mol. The Hall–Kier alpha value is -7.62. The molecule has 2 heterocycles. The molecule has 10 aromatic carbocycles. The molecule has 0 unspecified atom stereocenters. The van der Waals surface area contributed by atoms with E-state index in [2.05, 4.69) is 216 Å². The lowest BCUT2D eigenvalue weighted by Crippen LogP contribution is -2.12. The summed E-state index contributed by atoms with van der Waals surface area (Å²) in [5.74, 6) is 0. The van der Waals surface area contributed by atoms with Crippen LogP contribution in [0.5, 0.6) is 0 Å². The van der Waals surface area contributed by atoms with Crippen LogP contribution in [0, 0.1) is 0 Å². The van der Waals surface area contributed by atoms with Gasteiger partial charge in [0, 0.05) is 43.6 Å². The van der Waals surface area contributed by atoms with Gasteiger partial charge in [-0.3, -0.25) is 0 Å². The predicted octanol–water partition coefficient (Wildman–Crippen LogP) is 15.3. The van der Waals surface area contributed by atoms with Gasteiger partial charge in [0.15, 0.2) is 0 Å². The Bertz CT molecular complexity index is 3460. The zero-order valence-electron chi connectivity index (χ0n) is 30.9. The number of benzene rings is 10. The van der Waals surface area contributed by atoms with Crippen molar-refractivity contribution in [2.45, 2.75) is 0 Å². The quantitative estimate of drug-likeness (QED) is 0.176. The average Bonchev–Trinajstić information content (AvgIpc) is 3.82. The molecule has 3 heteroatoms. The number of para-hydroxylation sites is 2. The predicted molar refractivity (Wildman–Crippen MR) is 241 cm³/mol. The Morgan fingerprint density at radius 1 is 0.351 bits per heavy atom. The fourth-order valence-electron chi connectivity index (χ4n) is 9.20. The van der Waals surface area contributed by atoms with E-state index in [4.69, 9.17) is 4.42 Å². The van der Waals surface area contributed by atoms with Gasteiger partial charge in [0.1, 0.15) is 11.2 Å². The van der Waals surface area contributed by atoms with Gasteiger partial charge in [-0.1, -0.05) is 152 Å². The molecule has 0 aliphatic heterocycles. The van der Waals surface area contributed by atoms with Crippen molar-refractivity contribution in [2.75, 3.05) is 4.90 Å². The molecule has 266 valence electrons. The van der Waals surface area contributed by atoms with Crippen molar-refractivity contribution in [1.29, 1.82) is 0 Å². The normalized spacial score (nSPS) is 11.9. The van der Waals surface area contributed by atoms with E-state index in [9.17, 15) is 0 Å². The monoisotopic (exact) mass is 726 g/mol. The van der Waals surface area contributed by atoms with E-state index in [-0.39, 0.29) is 0 Å². The molecule has 2 aromatic heterocycles. The van der Waals surface area contributed by atoms with Crippen LogP contribution < -0.4 is 4.90 Å². The molecule has 12 aromatic rings. The molecule has 0 atom stereocenters. The lowest BCUT2D eigenvalue weighted by atomic mass is 9.98. The second-order valence-corrected chi connectivity index (χ2v) is 14.9. The smallest absolute Gasteiger partial charge is 0.136 e. The highest BCUT2D eigenvalue weighted by molar-refractivity contribution is 6.19. The molecule has 0 saturated carbocycles. The minimum absolute atomic E-state index is 0.891. The Morgan fingerprint density at radius 3 is 1.67 bits per heavy atom. The van der Waals surface area contributed by atoms with Crippen molar-refractivity contribution in [2.24, 2.45) is 0 Å². The molecule has 0 spiro atoms. The maximum absolute atomic E-state index is 6.43. The summed E-state index contributed by atoms with van der Waals surface area (Å²) < 4.78 is 8.86. The molecule has 0 fully saturated rings. The standard InChI is InChI=1S/C54H34N2O/c1-4-18-40-35(13-1)16-11-25-48(40)56(49-26-12-17-36-14-2-5-19-41(36)49)47-23-9-7-20-42(47)38-27-30-45-44-22-8-10-24-50(44)55(51(45)33-38)39-29-32-52-46(34-39)54-43-21-6-3-15-37(43)28-31-53(54)57-52/h1-34H. The first-order valence-corrected chi connectivity index (χ1v) is 19.5. The molecule has 0 aliphatic carbocycles. The minimum Gasteiger partial charge on any atom is -0.456 e. The van der Waals surface area contributed by atoms with E-state index in [0.29, 0.717) is 0 Å². The van der Waals surface area contributed by atoms with Gasteiger partial charge in [0.2, 0.25) is 0 Å². The van der Waals surface area contributed by atoms with Gasteiger partial charge in [0.25, 0.3) is 0 Å². The fraction of sp³-hybridized carbons (Fsp3) is 0. The van der Waals surface area contributed by atoms with E-state index >= 15 is 0 Å². The third kappa shape index (κ3) is 4.86. The molecular weight excluding hydrogens is 693 g/mol. The van der Waals surface area contributed by atoms with Crippen LogP contribution in [0.1, 0.15) is 0 Å². The van der Waals surface area contributed by atoms with Crippen molar-refractivity contribution in [3.8, 4) is 16.8 Å². The first kappa shape index (κ1) is 31.7. The number of hydrogen-bond acceptors (Lipinski definition) is 2. The number of aromatic nitrogens is 1. The van der Waals surface area contributed by atoms with E-state index < -0.39 is 0 Å². The topological polar surface area (TPSA) is 21.3 Å². The number of hydrogen-bond donors (Lipinski definition) is 0. The fourth-order valence-corrected chi connectivity index (χ4v) is 9.20. The van der Waals surface area contributed by atoms with Gasteiger partial charge < -0.3 is 13.9 Å². The van der Waals surface area contributed by atoms with Gasteiger partial charge in [0.05, 0.1) is 28.1 Å². The number of furan rings is 1. The third-order valence-corrected chi connectivity index (χ3v) is 11.7. The highest BCUT2D eigenvalue weighted by Gasteiger charge is 2.22. The molecule has 12 rings (SSSR count). The van der Waals surface area contributed by atoms with Crippen LogP contribution in [0.15, 0.2) is 211 Å². The van der Waals surface area contributed by atoms with Crippen molar-refractivity contribution in [3.05, 3.63) is 206 Å². The van der Waals surface area contributed by atoms with Crippen LogP contribution in [-0.4, -0.2) is 4.57 Å². The summed E-state index contributed by atoms with van der Waals surface area (Å²) in [7, 11) is 0. The zero-order chi connectivity index (χ0) is 37.5. The van der Waals surface area contributed by atoms with Gasteiger partial charge in [-0.25, -0.2) is 0 Å². The van der Waals surface area contributed by atoms with E-state index in [1.54, 1.807) is 0 Å².